The maximum Gasteiger partial charge on any atom is 0.300 e. The van der Waals surface area contributed by atoms with E-state index in [1.807, 2.05) is 12.1 Å². The molecule has 0 amide bonds. The van der Waals surface area contributed by atoms with Gasteiger partial charge in [-0.15, -0.1) is 0 Å². The number of aliphatic carboxylic acids is 1. The molecule has 2 aromatic rings. The smallest absolute Gasteiger partial charge is 0.300 e. The first kappa shape index (κ1) is 17.2. The topological polar surface area (TPSA) is 113 Å². The van der Waals surface area contributed by atoms with E-state index in [0.29, 0.717) is 0 Å². The Hall–Kier alpha value is -2.82. The molecule has 0 heterocycles. The molecule has 0 unspecified atom stereocenters. The summed E-state index contributed by atoms with van der Waals surface area (Å²) in [7, 11) is 0. The Balaban J connectivity index is 0.000000380. The van der Waals surface area contributed by atoms with Crippen LogP contribution in [0.1, 0.15) is 6.92 Å². The summed E-state index contributed by atoms with van der Waals surface area (Å²) in [5.74, 6) is -1.17. The van der Waals surface area contributed by atoms with Crippen LogP contribution in [0, 0.1) is 5.41 Å². The van der Waals surface area contributed by atoms with Crippen LogP contribution in [-0.4, -0.2) is 17.0 Å². The van der Waals surface area contributed by atoms with Gasteiger partial charge in [0.15, 0.2) is 5.96 Å². The van der Waals surface area contributed by atoms with E-state index in [4.69, 9.17) is 15.3 Å². The fourth-order valence-electron chi connectivity index (χ4n) is 1.26. The van der Waals surface area contributed by atoms with E-state index in [1.165, 1.54) is 11.1 Å². The van der Waals surface area contributed by atoms with Gasteiger partial charge < -0.3 is 16.6 Å². The summed E-state index contributed by atoms with van der Waals surface area (Å²) in [5.41, 5.74) is 11.5. The zero-order chi connectivity index (χ0) is 15.4. The van der Waals surface area contributed by atoms with Crippen LogP contribution < -0.4 is 11.5 Å². The molecule has 0 saturated heterocycles. The number of benzene rings is 2. The molecule has 106 valence electrons. The molecule has 20 heavy (non-hydrogen) atoms. The highest BCUT2D eigenvalue weighted by atomic mass is 16.4. The Morgan fingerprint density at radius 3 is 1.30 bits per heavy atom. The van der Waals surface area contributed by atoms with Gasteiger partial charge in [0.1, 0.15) is 0 Å². The molecule has 0 bridgehead atoms. The molecule has 0 atom stereocenters. The Morgan fingerprint density at radius 2 is 1.10 bits per heavy atom. The highest BCUT2D eigenvalue weighted by Gasteiger charge is 1.91. The number of hydrogen-bond donors (Lipinski definition) is 4. The number of rotatable bonds is 1. The third kappa shape index (κ3) is 10.3. The average Bonchev–Trinajstić information content (AvgIpc) is 2.39. The number of guanidine groups is 1. The largest absolute Gasteiger partial charge is 0.481 e. The van der Waals surface area contributed by atoms with Crippen molar-refractivity contribution in [1.82, 2.24) is 0 Å². The second kappa shape index (κ2) is 10.1. The normalized spacial score (nSPS) is 8.25. The Kier molecular flexibility index (Phi) is 8.71. The van der Waals surface area contributed by atoms with Crippen LogP contribution >= 0.6 is 0 Å². The molecule has 0 aliphatic heterocycles. The fourth-order valence-corrected chi connectivity index (χ4v) is 1.26. The maximum atomic E-state index is 9.00. The van der Waals surface area contributed by atoms with E-state index >= 15 is 0 Å². The molecule has 0 aliphatic rings. The molecule has 0 saturated carbocycles. The molecule has 5 heteroatoms. The van der Waals surface area contributed by atoms with Gasteiger partial charge >= 0.3 is 0 Å². The monoisotopic (exact) mass is 273 g/mol. The summed E-state index contributed by atoms with van der Waals surface area (Å²) >= 11 is 0. The van der Waals surface area contributed by atoms with E-state index in [-0.39, 0.29) is 5.96 Å². The van der Waals surface area contributed by atoms with Crippen molar-refractivity contribution in [3.8, 4) is 11.1 Å². The lowest BCUT2D eigenvalue weighted by Gasteiger charge is -1.98. The minimum atomic E-state index is -0.833. The van der Waals surface area contributed by atoms with Crippen molar-refractivity contribution in [3.05, 3.63) is 60.7 Å². The fraction of sp³-hybridized carbons (Fsp3) is 0.0667. The van der Waals surface area contributed by atoms with Crippen molar-refractivity contribution in [2.75, 3.05) is 0 Å². The minimum absolute atomic E-state index is 0.333. The van der Waals surface area contributed by atoms with Gasteiger partial charge in [-0.25, -0.2) is 0 Å². The lowest BCUT2D eigenvalue weighted by atomic mass is 10.1. The zero-order valence-corrected chi connectivity index (χ0v) is 11.3. The van der Waals surface area contributed by atoms with Crippen molar-refractivity contribution in [3.63, 3.8) is 0 Å². The maximum absolute atomic E-state index is 9.00. The van der Waals surface area contributed by atoms with Gasteiger partial charge in [0, 0.05) is 6.92 Å². The summed E-state index contributed by atoms with van der Waals surface area (Å²) in [6.07, 6.45) is 0. The molecule has 0 radical (unpaired) electrons. The van der Waals surface area contributed by atoms with Crippen molar-refractivity contribution >= 4 is 11.9 Å². The second-order valence-corrected chi connectivity index (χ2v) is 3.71. The standard InChI is InChI=1S/C12H10.C2H4O2.CH5N3/c1-3-7-11(8-4-1)12-9-5-2-6-10-12;1-2(3)4;2-1(3)4/h1-10H;1H3,(H,3,4);(H5,2,3,4). The van der Waals surface area contributed by atoms with Gasteiger partial charge in [-0.1, -0.05) is 60.7 Å². The molecular weight excluding hydrogens is 254 g/mol. The van der Waals surface area contributed by atoms with Crippen LogP contribution in [-0.2, 0) is 4.79 Å². The van der Waals surface area contributed by atoms with Gasteiger partial charge in [0.05, 0.1) is 0 Å². The molecule has 6 N–H and O–H groups in total. The van der Waals surface area contributed by atoms with Crippen molar-refractivity contribution in [1.29, 1.82) is 5.41 Å². The molecule has 2 rings (SSSR count). The molecular formula is C15H19N3O2. The molecule has 2 aromatic carbocycles. The number of carbonyl (C=O) groups is 1. The lowest BCUT2D eigenvalue weighted by molar-refractivity contribution is -0.134. The number of nitrogens with two attached hydrogens (primary N) is 2. The van der Waals surface area contributed by atoms with E-state index in [0.717, 1.165) is 6.92 Å². The van der Waals surface area contributed by atoms with E-state index < -0.39 is 5.97 Å². The van der Waals surface area contributed by atoms with Crippen LogP contribution in [0.5, 0.6) is 0 Å². The summed E-state index contributed by atoms with van der Waals surface area (Å²) in [6, 6.07) is 20.8. The Labute approximate surface area is 118 Å². The third-order valence-electron chi connectivity index (χ3n) is 1.88. The van der Waals surface area contributed by atoms with Gasteiger partial charge in [-0.05, 0) is 11.1 Å². The molecule has 0 aliphatic carbocycles. The van der Waals surface area contributed by atoms with E-state index in [2.05, 4.69) is 60.0 Å². The predicted octanol–water partition coefficient (Wildman–Crippen LogP) is 2.28. The number of nitrogens with one attached hydrogen (secondary N) is 1. The Morgan fingerprint density at radius 1 is 0.900 bits per heavy atom. The molecule has 0 aromatic heterocycles. The summed E-state index contributed by atoms with van der Waals surface area (Å²) in [5, 5.41) is 13.5. The van der Waals surface area contributed by atoms with Crippen LogP contribution in [0.25, 0.3) is 11.1 Å². The summed E-state index contributed by atoms with van der Waals surface area (Å²) in [4.78, 5) is 9.00. The first-order valence-electron chi connectivity index (χ1n) is 5.83. The van der Waals surface area contributed by atoms with Gasteiger partial charge in [0.2, 0.25) is 0 Å². The van der Waals surface area contributed by atoms with Crippen molar-refractivity contribution < 1.29 is 9.90 Å². The van der Waals surface area contributed by atoms with Gasteiger partial charge in [0.25, 0.3) is 5.97 Å². The average molecular weight is 273 g/mol. The number of carboxylic acid groups (broad SMARTS) is 1. The lowest BCUT2D eigenvalue weighted by Crippen LogP contribution is -2.20. The number of hydrogen-bond acceptors (Lipinski definition) is 2. The van der Waals surface area contributed by atoms with Gasteiger partial charge in [-0.3, -0.25) is 10.2 Å². The molecule has 5 nitrogen and oxygen atoms in total. The second-order valence-electron chi connectivity index (χ2n) is 3.71. The minimum Gasteiger partial charge on any atom is -0.481 e. The van der Waals surface area contributed by atoms with Crippen LogP contribution in [0.2, 0.25) is 0 Å². The highest BCUT2D eigenvalue weighted by Crippen LogP contribution is 2.17. The first-order chi connectivity index (χ1) is 9.43. The molecule has 0 fully saturated rings. The third-order valence-corrected chi connectivity index (χ3v) is 1.88. The molecule has 0 spiro atoms. The number of carboxylic acids is 1. The predicted molar refractivity (Wildman–Crippen MR) is 81.3 cm³/mol. The van der Waals surface area contributed by atoms with Crippen molar-refractivity contribution in [2.24, 2.45) is 11.5 Å². The summed E-state index contributed by atoms with van der Waals surface area (Å²) < 4.78 is 0. The van der Waals surface area contributed by atoms with E-state index in [1.54, 1.807) is 0 Å². The van der Waals surface area contributed by atoms with Crippen LogP contribution in [0.15, 0.2) is 60.7 Å². The quantitative estimate of drug-likeness (QED) is 0.471. The van der Waals surface area contributed by atoms with Crippen molar-refractivity contribution in [2.45, 2.75) is 6.92 Å². The highest BCUT2D eigenvalue weighted by molar-refractivity contribution is 5.71. The van der Waals surface area contributed by atoms with Crippen LogP contribution in [0.4, 0.5) is 0 Å². The van der Waals surface area contributed by atoms with Crippen LogP contribution in [0.3, 0.4) is 0 Å². The first-order valence-corrected chi connectivity index (χ1v) is 5.83. The van der Waals surface area contributed by atoms with E-state index in [9.17, 15) is 0 Å². The Bertz CT molecular complexity index is 456. The van der Waals surface area contributed by atoms with Gasteiger partial charge in [-0.2, -0.15) is 0 Å². The SMILES string of the molecule is CC(=O)O.N=C(N)N.c1ccc(-c2ccccc2)cc1. The zero-order valence-electron chi connectivity index (χ0n) is 11.3. The summed E-state index contributed by atoms with van der Waals surface area (Å²) in [6.45, 7) is 1.08.